The van der Waals surface area contributed by atoms with E-state index in [-0.39, 0.29) is 0 Å². The van der Waals surface area contributed by atoms with Gasteiger partial charge in [0.25, 0.3) is 0 Å². The van der Waals surface area contributed by atoms with Crippen molar-refractivity contribution in [1.29, 1.82) is 5.26 Å². The third-order valence-corrected chi connectivity index (χ3v) is 3.71. The molecule has 0 bridgehead atoms. The zero-order chi connectivity index (χ0) is 14.0. The zero-order valence-electron chi connectivity index (χ0n) is 10.9. The quantitative estimate of drug-likeness (QED) is 0.844. The van der Waals surface area contributed by atoms with Crippen LogP contribution in [0.15, 0.2) is 22.4 Å². The van der Waals surface area contributed by atoms with Crippen molar-refractivity contribution >= 4 is 17.4 Å². The summed E-state index contributed by atoms with van der Waals surface area (Å²) in [5.41, 5.74) is 9.75. The molecule has 96 valence electrons. The molecule has 0 aliphatic heterocycles. The standard InChI is InChI=1S/C13H13N5S/c1-7-8(2)17-13(18-9(7)3)19-12-11(15)4-10(5-14)6-16-12/h4,6H,15H2,1-3H3. The van der Waals surface area contributed by atoms with Crippen molar-refractivity contribution < 1.29 is 0 Å². The van der Waals surface area contributed by atoms with Gasteiger partial charge < -0.3 is 5.73 Å². The van der Waals surface area contributed by atoms with E-state index in [4.69, 9.17) is 11.0 Å². The Balaban J connectivity index is 2.34. The van der Waals surface area contributed by atoms with Crippen molar-refractivity contribution in [2.45, 2.75) is 31.0 Å². The molecule has 0 unspecified atom stereocenters. The molecule has 0 amide bonds. The molecule has 0 aliphatic rings. The lowest BCUT2D eigenvalue weighted by molar-refractivity contribution is 0.878. The fraction of sp³-hybridized carbons (Fsp3) is 0.231. The molecular weight excluding hydrogens is 258 g/mol. The molecule has 0 saturated carbocycles. The number of hydrogen-bond donors (Lipinski definition) is 1. The van der Waals surface area contributed by atoms with Crippen LogP contribution in [0.4, 0.5) is 5.69 Å². The van der Waals surface area contributed by atoms with Crippen LogP contribution in [0.3, 0.4) is 0 Å². The third kappa shape index (κ3) is 2.83. The highest BCUT2D eigenvalue weighted by molar-refractivity contribution is 7.99. The van der Waals surface area contributed by atoms with E-state index in [1.54, 1.807) is 6.07 Å². The first-order valence-electron chi connectivity index (χ1n) is 5.66. The number of aryl methyl sites for hydroxylation is 2. The Hall–Kier alpha value is -2.13. The van der Waals surface area contributed by atoms with E-state index in [0.29, 0.717) is 21.4 Å². The van der Waals surface area contributed by atoms with Crippen LogP contribution in [0.2, 0.25) is 0 Å². The van der Waals surface area contributed by atoms with Crippen molar-refractivity contribution in [3.8, 4) is 6.07 Å². The predicted octanol–water partition coefficient (Wildman–Crippen LogP) is 2.40. The lowest BCUT2D eigenvalue weighted by atomic mass is 10.2. The summed E-state index contributed by atoms with van der Waals surface area (Å²) in [5.74, 6) is 0. The predicted molar refractivity (Wildman–Crippen MR) is 73.7 cm³/mol. The second kappa shape index (κ2) is 5.24. The summed E-state index contributed by atoms with van der Waals surface area (Å²) < 4.78 is 0. The number of aromatic nitrogens is 3. The molecule has 6 heteroatoms. The molecule has 2 N–H and O–H groups in total. The number of nitriles is 1. The molecule has 0 spiro atoms. The molecule has 0 radical (unpaired) electrons. The van der Waals surface area contributed by atoms with Gasteiger partial charge in [0, 0.05) is 17.6 Å². The zero-order valence-corrected chi connectivity index (χ0v) is 11.7. The molecule has 5 nitrogen and oxygen atoms in total. The first kappa shape index (κ1) is 13.3. The largest absolute Gasteiger partial charge is 0.396 e. The lowest BCUT2D eigenvalue weighted by Crippen LogP contribution is -1.99. The van der Waals surface area contributed by atoms with Gasteiger partial charge in [0.1, 0.15) is 11.1 Å². The van der Waals surface area contributed by atoms with Gasteiger partial charge in [0.05, 0.1) is 11.3 Å². The van der Waals surface area contributed by atoms with Crippen molar-refractivity contribution in [3.63, 3.8) is 0 Å². The molecule has 0 atom stereocenters. The minimum absolute atomic E-state index is 0.444. The minimum Gasteiger partial charge on any atom is -0.396 e. The number of nitrogen functional groups attached to an aromatic ring is 1. The summed E-state index contributed by atoms with van der Waals surface area (Å²) in [7, 11) is 0. The van der Waals surface area contributed by atoms with Crippen molar-refractivity contribution in [3.05, 3.63) is 34.8 Å². The van der Waals surface area contributed by atoms with Gasteiger partial charge in [0.2, 0.25) is 0 Å². The molecule has 0 aliphatic carbocycles. The van der Waals surface area contributed by atoms with Crippen LogP contribution in [0.5, 0.6) is 0 Å². The van der Waals surface area contributed by atoms with Crippen LogP contribution in [-0.4, -0.2) is 15.0 Å². The monoisotopic (exact) mass is 271 g/mol. The van der Waals surface area contributed by atoms with Crippen LogP contribution < -0.4 is 5.73 Å². The first-order chi connectivity index (χ1) is 9.01. The average Bonchev–Trinajstić information content (AvgIpc) is 2.38. The van der Waals surface area contributed by atoms with Gasteiger partial charge >= 0.3 is 0 Å². The number of nitrogens with zero attached hydrogens (tertiary/aromatic N) is 4. The normalized spacial score (nSPS) is 10.2. The van der Waals surface area contributed by atoms with E-state index >= 15 is 0 Å². The second-order valence-corrected chi connectivity index (χ2v) is 5.09. The summed E-state index contributed by atoms with van der Waals surface area (Å²) in [5, 5.41) is 10.00. The Morgan fingerprint density at radius 2 is 1.84 bits per heavy atom. The van der Waals surface area contributed by atoms with E-state index < -0.39 is 0 Å². The van der Waals surface area contributed by atoms with Crippen LogP contribution in [0.25, 0.3) is 0 Å². The molecular formula is C13H13N5S. The van der Waals surface area contributed by atoms with Gasteiger partial charge in [-0.2, -0.15) is 5.26 Å². The number of anilines is 1. The van der Waals surface area contributed by atoms with E-state index in [9.17, 15) is 0 Å². The SMILES string of the molecule is Cc1nc(Sc2ncc(C#N)cc2N)nc(C)c1C. The van der Waals surface area contributed by atoms with Crippen LogP contribution in [0, 0.1) is 32.1 Å². The Labute approximate surface area is 115 Å². The van der Waals surface area contributed by atoms with Gasteiger partial charge in [0.15, 0.2) is 5.16 Å². The Morgan fingerprint density at radius 3 is 2.37 bits per heavy atom. The fourth-order valence-corrected chi connectivity index (χ4v) is 2.31. The topological polar surface area (TPSA) is 88.5 Å². The highest BCUT2D eigenvalue weighted by atomic mass is 32.2. The summed E-state index contributed by atoms with van der Waals surface area (Å²) in [6.45, 7) is 5.89. The summed E-state index contributed by atoms with van der Waals surface area (Å²) in [6.07, 6.45) is 1.49. The third-order valence-electron chi connectivity index (χ3n) is 2.81. The van der Waals surface area contributed by atoms with Crippen molar-refractivity contribution in [2.24, 2.45) is 0 Å². The Morgan fingerprint density at radius 1 is 1.21 bits per heavy atom. The van der Waals surface area contributed by atoms with Crippen LogP contribution in [0.1, 0.15) is 22.5 Å². The number of hydrogen-bond acceptors (Lipinski definition) is 6. The maximum atomic E-state index is 8.77. The highest BCUT2D eigenvalue weighted by Crippen LogP contribution is 2.28. The smallest absolute Gasteiger partial charge is 0.194 e. The van der Waals surface area contributed by atoms with Crippen molar-refractivity contribution in [2.75, 3.05) is 5.73 Å². The van der Waals surface area contributed by atoms with E-state index in [1.165, 1.54) is 18.0 Å². The highest BCUT2D eigenvalue weighted by Gasteiger charge is 2.10. The molecule has 2 aromatic rings. The number of pyridine rings is 1. The first-order valence-corrected chi connectivity index (χ1v) is 6.48. The van der Waals surface area contributed by atoms with Gasteiger partial charge in [-0.1, -0.05) is 0 Å². The number of rotatable bonds is 2. The molecule has 2 heterocycles. The fourth-order valence-electron chi connectivity index (χ4n) is 1.49. The molecule has 2 rings (SSSR count). The summed E-state index contributed by atoms with van der Waals surface area (Å²) >= 11 is 1.30. The maximum Gasteiger partial charge on any atom is 0.194 e. The molecule has 19 heavy (non-hydrogen) atoms. The van der Waals surface area contributed by atoms with Gasteiger partial charge in [-0.05, 0) is 44.2 Å². The Bertz CT molecular complexity index is 652. The van der Waals surface area contributed by atoms with E-state index in [0.717, 1.165) is 17.0 Å². The van der Waals surface area contributed by atoms with Crippen molar-refractivity contribution in [1.82, 2.24) is 15.0 Å². The lowest BCUT2D eigenvalue weighted by Gasteiger charge is -2.07. The average molecular weight is 271 g/mol. The van der Waals surface area contributed by atoms with Gasteiger partial charge in [-0.3, -0.25) is 0 Å². The van der Waals surface area contributed by atoms with Crippen LogP contribution >= 0.6 is 11.8 Å². The summed E-state index contributed by atoms with van der Waals surface area (Å²) in [4.78, 5) is 13.0. The van der Waals surface area contributed by atoms with E-state index in [1.807, 2.05) is 26.8 Å². The second-order valence-electron chi connectivity index (χ2n) is 4.13. The molecule has 0 aromatic carbocycles. The Kier molecular flexibility index (Phi) is 3.67. The van der Waals surface area contributed by atoms with E-state index in [2.05, 4.69) is 15.0 Å². The minimum atomic E-state index is 0.444. The van der Waals surface area contributed by atoms with Crippen LogP contribution in [-0.2, 0) is 0 Å². The van der Waals surface area contributed by atoms with Gasteiger partial charge in [-0.25, -0.2) is 15.0 Å². The summed E-state index contributed by atoms with van der Waals surface area (Å²) in [6, 6.07) is 3.60. The van der Waals surface area contributed by atoms with Gasteiger partial charge in [-0.15, -0.1) is 0 Å². The maximum absolute atomic E-state index is 8.77. The molecule has 2 aromatic heterocycles. The molecule has 0 saturated heterocycles. The molecule has 0 fully saturated rings. The number of nitrogens with two attached hydrogens (primary N) is 1.